The molecule has 0 bridgehead atoms. The van der Waals surface area contributed by atoms with Gasteiger partial charge in [-0.15, -0.1) is 6.58 Å². The second-order valence-corrected chi connectivity index (χ2v) is 8.81. The summed E-state index contributed by atoms with van der Waals surface area (Å²) in [7, 11) is 3.04. The van der Waals surface area contributed by atoms with E-state index in [1.54, 1.807) is 30.3 Å². The molecule has 0 heterocycles. The average molecular weight is 689 g/mol. The molecule has 0 saturated carbocycles. The molecule has 0 aliphatic heterocycles. The number of phenolic OH excluding ortho intramolecular Hbond substituents is 2. The minimum absolute atomic E-state index is 0. The Labute approximate surface area is 332 Å². The standard InChI is InChI=1S/C18H27NO3.C10H12O2.C2H2O4.K.Sr.3H/c1-14(2)8-6-4-5-7-9-18(21)19-13-15-10-11-16(20)17(12-15)22-3;1-3-4-8-5-6-9(11)10(7-8)12-2;3-1(4)2(5)6;;;;;/h6,8,10-12,14,20H,4-5,7,9,13H2,1-3H3,(H,19,21);3,5-7,11H,1,4H2,2H3;(H,3,4)(H,5,6);;;;;/q;;;+1;+2;3*-1. The van der Waals surface area contributed by atoms with Crippen molar-refractivity contribution in [3.05, 3.63) is 72.3 Å². The number of hydrogen-bond donors (Lipinski definition) is 5. The number of carboxylic acids is 2. The molecule has 0 radical (unpaired) electrons. The van der Waals surface area contributed by atoms with Gasteiger partial charge >= 0.3 is 109 Å². The van der Waals surface area contributed by atoms with Crippen LogP contribution in [0, 0.1) is 5.92 Å². The Morgan fingerprint density at radius 2 is 1.43 bits per heavy atom. The summed E-state index contributed by atoms with van der Waals surface area (Å²) in [6.45, 7) is 8.39. The normalized spacial score (nSPS) is 9.55. The van der Waals surface area contributed by atoms with Crippen molar-refractivity contribution in [2.24, 2.45) is 5.92 Å². The number of aromatic hydroxyl groups is 2. The van der Waals surface area contributed by atoms with Crippen LogP contribution in [0.1, 0.15) is 54.9 Å². The number of rotatable bonds is 12. The molecule has 0 aliphatic rings. The summed E-state index contributed by atoms with van der Waals surface area (Å²) in [6, 6.07) is 10.3. The fraction of sp³-hybridized carbons (Fsp3) is 0.367. The molecule has 0 atom stereocenters. The van der Waals surface area contributed by atoms with Crippen LogP contribution in [-0.2, 0) is 27.3 Å². The number of allylic oxidation sites excluding steroid dienone is 3. The number of carbonyl (C=O) groups excluding carboxylic acids is 1. The van der Waals surface area contributed by atoms with Crippen LogP contribution in [0.2, 0.25) is 0 Å². The Morgan fingerprint density at radius 3 is 1.88 bits per heavy atom. The van der Waals surface area contributed by atoms with Crippen molar-refractivity contribution < 1.29 is 99.9 Å². The van der Waals surface area contributed by atoms with Crippen LogP contribution in [0.25, 0.3) is 0 Å². The molecule has 2 rings (SSSR count). The molecule has 1 amide bonds. The summed E-state index contributed by atoms with van der Waals surface area (Å²) in [5.41, 5.74) is 1.99. The van der Waals surface area contributed by atoms with E-state index in [0.717, 1.165) is 36.8 Å². The van der Waals surface area contributed by atoms with Crippen molar-refractivity contribution in [1.82, 2.24) is 5.32 Å². The van der Waals surface area contributed by atoms with Gasteiger partial charge in [-0.1, -0.05) is 44.2 Å². The molecule has 226 valence electrons. The number of unbranched alkanes of at least 4 members (excludes halogenated alkanes) is 2. The fourth-order valence-electron chi connectivity index (χ4n) is 3.05. The van der Waals surface area contributed by atoms with Crippen LogP contribution < -0.4 is 66.2 Å². The third-order valence-corrected chi connectivity index (χ3v) is 5.09. The van der Waals surface area contributed by atoms with Gasteiger partial charge in [-0.3, -0.25) is 4.79 Å². The molecule has 2 aromatic rings. The molecule has 10 nitrogen and oxygen atoms in total. The van der Waals surface area contributed by atoms with E-state index in [1.165, 1.54) is 14.2 Å². The number of phenols is 2. The number of ether oxygens (including phenoxy) is 2. The number of hydrogen-bond acceptors (Lipinski definition) is 7. The Morgan fingerprint density at radius 1 is 0.929 bits per heavy atom. The zero-order valence-electron chi connectivity index (χ0n) is 28.3. The number of carbonyl (C=O) groups is 3. The third-order valence-electron chi connectivity index (χ3n) is 5.09. The Hall–Kier alpha value is -1.35. The summed E-state index contributed by atoms with van der Waals surface area (Å²) in [4.78, 5) is 30.0. The van der Waals surface area contributed by atoms with Crippen LogP contribution in [0.15, 0.2) is 61.2 Å². The van der Waals surface area contributed by atoms with Crippen LogP contribution >= 0.6 is 0 Å². The second-order valence-electron chi connectivity index (χ2n) is 8.81. The van der Waals surface area contributed by atoms with Crippen LogP contribution in [0.3, 0.4) is 0 Å². The maximum Gasteiger partial charge on any atom is 2.00 e. The van der Waals surface area contributed by atoms with E-state index in [-0.39, 0.29) is 119 Å². The first kappa shape index (κ1) is 45.1. The first-order valence-electron chi connectivity index (χ1n) is 12.7. The molecule has 0 fully saturated rings. The van der Waals surface area contributed by atoms with Gasteiger partial charge in [0.15, 0.2) is 23.0 Å². The van der Waals surface area contributed by atoms with Gasteiger partial charge in [0.05, 0.1) is 14.2 Å². The maximum absolute atomic E-state index is 11.8. The predicted molar refractivity (Wildman–Crippen MR) is 162 cm³/mol. The second kappa shape index (κ2) is 27.2. The van der Waals surface area contributed by atoms with Gasteiger partial charge in [0, 0.05) is 13.0 Å². The molecule has 2 aromatic carbocycles. The molecule has 0 spiro atoms. The smallest absolute Gasteiger partial charge is 1.00 e. The van der Waals surface area contributed by atoms with Crippen molar-refractivity contribution >= 4 is 63.3 Å². The summed E-state index contributed by atoms with van der Waals surface area (Å²) >= 11 is 0. The van der Waals surface area contributed by atoms with Crippen molar-refractivity contribution in [1.29, 1.82) is 0 Å². The Kier molecular flexibility index (Phi) is 29.2. The van der Waals surface area contributed by atoms with Crippen LogP contribution in [0.5, 0.6) is 23.0 Å². The number of methoxy groups -OCH3 is 2. The third kappa shape index (κ3) is 22.2. The van der Waals surface area contributed by atoms with E-state index in [0.29, 0.717) is 30.4 Å². The zero-order valence-corrected chi connectivity index (χ0v) is 31.9. The Bertz CT molecular complexity index is 1130. The molecule has 0 aromatic heterocycles. The number of amides is 1. The van der Waals surface area contributed by atoms with Gasteiger partial charge < -0.3 is 39.5 Å². The topological polar surface area (TPSA) is 163 Å². The van der Waals surface area contributed by atoms with Gasteiger partial charge in [-0.25, -0.2) is 9.59 Å². The molecular formula is C30H44KNO9Sr. The van der Waals surface area contributed by atoms with E-state index >= 15 is 0 Å². The van der Waals surface area contributed by atoms with E-state index < -0.39 is 11.9 Å². The summed E-state index contributed by atoms with van der Waals surface area (Å²) < 4.78 is 9.99. The molecule has 12 heteroatoms. The summed E-state index contributed by atoms with van der Waals surface area (Å²) in [5, 5.41) is 36.4. The van der Waals surface area contributed by atoms with Gasteiger partial charge in [0.1, 0.15) is 0 Å². The van der Waals surface area contributed by atoms with E-state index in [2.05, 4.69) is 37.9 Å². The van der Waals surface area contributed by atoms with Gasteiger partial charge in [0.2, 0.25) is 5.91 Å². The van der Waals surface area contributed by atoms with Crippen LogP contribution in [0.4, 0.5) is 0 Å². The van der Waals surface area contributed by atoms with Gasteiger partial charge in [0.25, 0.3) is 0 Å². The number of carboxylic acid groups (broad SMARTS) is 2. The minimum atomic E-state index is -1.82. The maximum atomic E-state index is 11.8. The predicted octanol–water partition coefficient (Wildman–Crippen LogP) is 2.04. The monoisotopic (exact) mass is 689 g/mol. The van der Waals surface area contributed by atoms with Crippen molar-refractivity contribution in [3.63, 3.8) is 0 Å². The fourth-order valence-corrected chi connectivity index (χ4v) is 3.05. The average Bonchev–Trinajstić information content (AvgIpc) is 2.91. The number of benzene rings is 2. The first-order valence-corrected chi connectivity index (χ1v) is 12.7. The molecule has 0 aliphatic carbocycles. The van der Waals surface area contributed by atoms with Crippen molar-refractivity contribution in [3.8, 4) is 23.0 Å². The largest absolute Gasteiger partial charge is 2.00 e. The zero-order chi connectivity index (χ0) is 30.5. The quantitative estimate of drug-likeness (QED) is 0.0972. The van der Waals surface area contributed by atoms with E-state index in [9.17, 15) is 15.0 Å². The first-order chi connectivity index (χ1) is 18.9. The molecule has 0 unspecified atom stereocenters. The van der Waals surface area contributed by atoms with E-state index in [1.807, 2.05) is 12.1 Å². The number of nitrogens with one attached hydrogen (secondary N) is 1. The molecular weight excluding hydrogens is 645 g/mol. The molecule has 5 N–H and O–H groups in total. The van der Waals surface area contributed by atoms with Gasteiger partial charge in [-0.05, 0) is 67.0 Å². The van der Waals surface area contributed by atoms with E-state index in [4.69, 9.17) is 29.3 Å². The van der Waals surface area contributed by atoms with Crippen molar-refractivity contribution in [2.75, 3.05) is 14.2 Å². The SMILES string of the molecule is C=CCc1ccc(O)c(OC)c1.COc1cc(CNC(=O)CCCCC=CC(C)C)ccc1O.O=C(O)C(=O)O.[H-].[H-].[H-].[K+].[Sr+2]. The summed E-state index contributed by atoms with van der Waals surface area (Å²) in [6.07, 6.45) is 10.5. The van der Waals surface area contributed by atoms with Gasteiger partial charge in [-0.2, -0.15) is 0 Å². The molecule has 42 heavy (non-hydrogen) atoms. The minimum Gasteiger partial charge on any atom is -1.00 e. The molecule has 0 saturated heterocycles. The Balaban J connectivity index is -0.000000141. The van der Waals surface area contributed by atoms with Crippen LogP contribution in [-0.4, -0.2) is 98.0 Å². The number of aliphatic carboxylic acids is 2. The van der Waals surface area contributed by atoms with Crippen molar-refractivity contribution in [2.45, 2.75) is 52.5 Å². The summed E-state index contributed by atoms with van der Waals surface area (Å²) in [5.74, 6) is -1.80.